The Bertz CT molecular complexity index is 1040. The Hall–Kier alpha value is -3.29. The fourth-order valence-electron chi connectivity index (χ4n) is 2.74. The zero-order chi connectivity index (χ0) is 19.8. The fourth-order valence-corrected chi connectivity index (χ4v) is 2.74. The molecule has 140 valence electrons. The number of hydrogen-bond donors (Lipinski definition) is 2. The highest BCUT2D eigenvalue weighted by atomic mass is 19.4. The van der Waals surface area contributed by atoms with E-state index < -0.39 is 29.2 Å². The number of aryl methyl sites for hydroxylation is 1. The highest BCUT2D eigenvalue weighted by Gasteiger charge is 2.35. The van der Waals surface area contributed by atoms with E-state index in [1.165, 1.54) is 13.0 Å². The van der Waals surface area contributed by atoms with Crippen molar-refractivity contribution in [2.24, 2.45) is 0 Å². The molecule has 0 atom stereocenters. The van der Waals surface area contributed by atoms with E-state index in [4.69, 9.17) is 4.42 Å². The van der Waals surface area contributed by atoms with Gasteiger partial charge in [-0.1, -0.05) is 18.2 Å². The Morgan fingerprint density at radius 2 is 1.74 bits per heavy atom. The van der Waals surface area contributed by atoms with Crippen LogP contribution in [0, 0.1) is 6.92 Å². The molecule has 0 aliphatic heterocycles. The van der Waals surface area contributed by atoms with Crippen molar-refractivity contribution in [1.29, 1.82) is 0 Å². The number of alkyl halides is 3. The van der Waals surface area contributed by atoms with E-state index in [-0.39, 0.29) is 11.4 Å². The Balaban J connectivity index is 1.97. The van der Waals surface area contributed by atoms with Crippen molar-refractivity contribution >= 4 is 34.2 Å². The predicted molar refractivity (Wildman–Crippen MR) is 94.7 cm³/mol. The lowest BCUT2D eigenvalue weighted by atomic mass is 10.1. The van der Waals surface area contributed by atoms with Gasteiger partial charge in [-0.05, 0) is 31.2 Å². The molecule has 0 saturated heterocycles. The van der Waals surface area contributed by atoms with Crippen molar-refractivity contribution in [1.82, 2.24) is 0 Å². The molecule has 0 spiro atoms. The van der Waals surface area contributed by atoms with Crippen LogP contribution >= 0.6 is 0 Å². The minimum atomic E-state index is -4.72. The summed E-state index contributed by atoms with van der Waals surface area (Å²) in [6.07, 6.45) is -4.72. The Morgan fingerprint density at radius 1 is 1.04 bits per heavy atom. The molecule has 0 radical (unpaired) electrons. The SMILES string of the molecule is CC(=O)Nc1ccc(NC(=O)c2oc3ccccc3c2C)c(C(F)(F)F)c1. The number of hydrogen-bond acceptors (Lipinski definition) is 3. The number of halogens is 3. The summed E-state index contributed by atoms with van der Waals surface area (Å²) in [4.78, 5) is 23.6. The monoisotopic (exact) mass is 376 g/mol. The lowest BCUT2D eigenvalue weighted by molar-refractivity contribution is -0.137. The van der Waals surface area contributed by atoms with Crippen LogP contribution < -0.4 is 10.6 Å². The van der Waals surface area contributed by atoms with E-state index >= 15 is 0 Å². The van der Waals surface area contributed by atoms with Gasteiger partial charge in [0.1, 0.15) is 5.58 Å². The minimum Gasteiger partial charge on any atom is -0.451 e. The van der Waals surface area contributed by atoms with Gasteiger partial charge in [0, 0.05) is 23.6 Å². The smallest absolute Gasteiger partial charge is 0.418 e. The van der Waals surface area contributed by atoms with Gasteiger partial charge in [-0.15, -0.1) is 0 Å². The Kier molecular flexibility index (Phi) is 4.65. The van der Waals surface area contributed by atoms with Crippen LogP contribution in [0.5, 0.6) is 0 Å². The summed E-state index contributed by atoms with van der Waals surface area (Å²) in [6.45, 7) is 2.85. The molecule has 0 bridgehead atoms. The fraction of sp³-hybridized carbons (Fsp3) is 0.158. The van der Waals surface area contributed by atoms with Crippen molar-refractivity contribution in [3.8, 4) is 0 Å². The van der Waals surface area contributed by atoms with Gasteiger partial charge in [0.05, 0.1) is 11.3 Å². The first-order valence-corrected chi connectivity index (χ1v) is 7.95. The van der Waals surface area contributed by atoms with Crippen LogP contribution in [0.25, 0.3) is 11.0 Å². The van der Waals surface area contributed by atoms with Gasteiger partial charge in [-0.3, -0.25) is 9.59 Å². The summed E-state index contributed by atoms with van der Waals surface area (Å²) in [5, 5.41) is 5.24. The first-order chi connectivity index (χ1) is 12.7. The number of rotatable bonds is 3. The lowest BCUT2D eigenvalue weighted by Gasteiger charge is -2.15. The van der Waals surface area contributed by atoms with Crippen LogP contribution in [0.15, 0.2) is 46.9 Å². The van der Waals surface area contributed by atoms with Crippen molar-refractivity contribution in [3.05, 3.63) is 59.4 Å². The molecule has 5 nitrogen and oxygen atoms in total. The molecular weight excluding hydrogens is 361 g/mol. The van der Waals surface area contributed by atoms with Crippen LogP contribution in [-0.2, 0) is 11.0 Å². The molecule has 0 fully saturated rings. The van der Waals surface area contributed by atoms with Crippen molar-refractivity contribution in [2.45, 2.75) is 20.0 Å². The average Bonchev–Trinajstić information content (AvgIpc) is 2.92. The van der Waals surface area contributed by atoms with Crippen LogP contribution in [0.4, 0.5) is 24.5 Å². The maximum Gasteiger partial charge on any atom is 0.418 e. The number of fused-ring (bicyclic) bond motifs is 1. The van der Waals surface area contributed by atoms with E-state index in [0.29, 0.717) is 16.5 Å². The summed E-state index contributed by atoms with van der Waals surface area (Å²) in [5.74, 6) is -1.35. The van der Waals surface area contributed by atoms with Gasteiger partial charge in [-0.2, -0.15) is 13.2 Å². The number of anilines is 2. The molecule has 8 heteroatoms. The summed E-state index contributed by atoms with van der Waals surface area (Å²) in [6, 6.07) is 10.1. The largest absolute Gasteiger partial charge is 0.451 e. The molecule has 0 saturated carbocycles. The molecule has 3 rings (SSSR count). The van der Waals surface area contributed by atoms with Crippen LogP contribution in [-0.4, -0.2) is 11.8 Å². The second-order valence-electron chi connectivity index (χ2n) is 5.95. The summed E-state index contributed by atoms with van der Waals surface area (Å²) < 4.78 is 45.6. The number of carbonyl (C=O) groups excluding carboxylic acids is 2. The molecular formula is C19H15F3N2O3. The average molecular weight is 376 g/mol. The van der Waals surface area contributed by atoms with Crippen LogP contribution in [0.2, 0.25) is 0 Å². The number of amides is 2. The second kappa shape index (κ2) is 6.79. The molecule has 1 heterocycles. The van der Waals surface area contributed by atoms with E-state index in [1.54, 1.807) is 31.2 Å². The lowest BCUT2D eigenvalue weighted by Crippen LogP contribution is -2.17. The summed E-state index contributed by atoms with van der Waals surface area (Å²) >= 11 is 0. The number of furan rings is 1. The van der Waals surface area contributed by atoms with E-state index in [2.05, 4.69) is 10.6 Å². The molecule has 0 aliphatic rings. The second-order valence-corrected chi connectivity index (χ2v) is 5.95. The molecule has 0 aliphatic carbocycles. The van der Waals surface area contributed by atoms with E-state index in [1.807, 2.05) is 0 Å². The van der Waals surface area contributed by atoms with Crippen molar-refractivity contribution in [2.75, 3.05) is 10.6 Å². The highest BCUT2D eigenvalue weighted by molar-refractivity contribution is 6.07. The third-order valence-corrected chi connectivity index (χ3v) is 3.94. The normalized spacial score (nSPS) is 11.4. The van der Waals surface area contributed by atoms with Crippen LogP contribution in [0.3, 0.4) is 0 Å². The van der Waals surface area contributed by atoms with Crippen LogP contribution in [0.1, 0.15) is 28.6 Å². The first-order valence-electron chi connectivity index (χ1n) is 7.95. The van der Waals surface area contributed by atoms with Gasteiger partial charge < -0.3 is 15.1 Å². The maximum absolute atomic E-state index is 13.4. The van der Waals surface area contributed by atoms with E-state index in [9.17, 15) is 22.8 Å². The molecule has 1 aromatic heterocycles. The molecule has 3 aromatic rings. The number of para-hydroxylation sites is 1. The maximum atomic E-state index is 13.4. The molecule has 2 N–H and O–H groups in total. The molecule has 27 heavy (non-hydrogen) atoms. The summed E-state index contributed by atoms with van der Waals surface area (Å²) in [5.41, 5.74) is -0.520. The molecule has 2 amide bonds. The van der Waals surface area contributed by atoms with Gasteiger partial charge >= 0.3 is 6.18 Å². The Morgan fingerprint density at radius 3 is 2.37 bits per heavy atom. The quantitative estimate of drug-likeness (QED) is 0.678. The topological polar surface area (TPSA) is 71.3 Å². The predicted octanol–water partition coefficient (Wildman–Crippen LogP) is 4.97. The van der Waals surface area contributed by atoms with Gasteiger partial charge in [0.2, 0.25) is 5.91 Å². The highest BCUT2D eigenvalue weighted by Crippen LogP contribution is 2.37. The van der Waals surface area contributed by atoms with E-state index in [0.717, 1.165) is 12.1 Å². The van der Waals surface area contributed by atoms with Crippen molar-refractivity contribution in [3.63, 3.8) is 0 Å². The van der Waals surface area contributed by atoms with Gasteiger partial charge in [0.25, 0.3) is 5.91 Å². The zero-order valence-electron chi connectivity index (χ0n) is 14.4. The first kappa shape index (κ1) is 18.5. The minimum absolute atomic E-state index is 0.0206. The molecule has 0 unspecified atom stereocenters. The number of benzene rings is 2. The number of carbonyl (C=O) groups is 2. The number of nitrogens with one attached hydrogen (secondary N) is 2. The zero-order valence-corrected chi connectivity index (χ0v) is 14.4. The van der Waals surface area contributed by atoms with Gasteiger partial charge in [-0.25, -0.2) is 0 Å². The standard InChI is InChI=1S/C19H15F3N2O3/c1-10-13-5-3-4-6-16(13)27-17(10)18(26)24-15-8-7-12(23-11(2)25)9-14(15)19(20,21)22/h3-9H,1-2H3,(H,23,25)(H,24,26). The third kappa shape index (κ3) is 3.79. The Labute approximate surface area is 152 Å². The summed E-state index contributed by atoms with van der Waals surface area (Å²) in [7, 11) is 0. The third-order valence-electron chi connectivity index (χ3n) is 3.94. The van der Waals surface area contributed by atoms with Crippen molar-refractivity contribution < 1.29 is 27.2 Å². The molecule has 2 aromatic carbocycles. The van der Waals surface area contributed by atoms with Gasteiger partial charge in [0.15, 0.2) is 5.76 Å².